The Morgan fingerprint density at radius 1 is 0.792 bits per heavy atom. The number of hydrogen-bond acceptors (Lipinski definition) is 8. The minimum absolute atomic E-state index is 0.132. The fourth-order valence-corrected chi connectivity index (χ4v) is 4.71. The van der Waals surface area contributed by atoms with E-state index in [4.69, 9.17) is 0 Å². The van der Waals surface area contributed by atoms with Crippen molar-refractivity contribution in [3.8, 4) is 0 Å². The van der Waals surface area contributed by atoms with Crippen LogP contribution in [-0.4, -0.2) is 32.2 Å². The summed E-state index contributed by atoms with van der Waals surface area (Å²) in [6, 6.07) is 0. The zero-order valence-electron chi connectivity index (χ0n) is 13.4. The van der Waals surface area contributed by atoms with Crippen LogP contribution in [0.15, 0.2) is 0 Å². The second-order valence-corrected chi connectivity index (χ2v) is 7.82. The quantitative estimate of drug-likeness (QED) is 0.861. The average molecular weight is 366 g/mol. The number of rotatable bonds is 4. The molecule has 24 heavy (non-hydrogen) atoms. The van der Waals surface area contributed by atoms with Crippen LogP contribution in [0.4, 0.5) is 10.3 Å². The lowest BCUT2D eigenvalue weighted by molar-refractivity contribution is -0.115. The van der Waals surface area contributed by atoms with E-state index < -0.39 is 0 Å². The van der Waals surface area contributed by atoms with Gasteiger partial charge in [0.15, 0.2) is 0 Å². The molecular formula is C14H18N6O2S2. The van der Waals surface area contributed by atoms with Gasteiger partial charge in [0.05, 0.1) is 0 Å². The van der Waals surface area contributed by atoms with E-state index in [9.17, 15) is 9.59 Å². The molecule has 0 aromatic carbocycles. The van der Waals surface area contributed by atoms with Gasteiger partial charge in [-0.05, 0) is 25.7 Å². The van der Waals surface area contributed by atoms with Crippen LogP contribution in [0.2, 0.25) is 0 Å². The third kappa shape index (κ3) is 4.12. The lowest BCUT2D eigenvalue weighted by Crippen LogP contribution is -2.12. The van der Waals surface area contributed by atoms with E-state index in [-0.39, 0.29) is 11.8 Å². The Hall–Kier alpha value is -1.94. The lowest BCUT2D eigenvalue weighted by atomic mass is 9.83. The highest BCUT2D eigenvalue weighted by molar-refractivity contribution is 7.15. The molecule has 128 valence electrons. The molecule has 0 spiro atoms. The molecule has 0 bridgehead atoms. The number of hydrogen-bond donors (Lipinski definition) is 2. The highest BCUT2D eigenvalue weighted by Crippen LogP contribution is 2.42. The highest BCUT2D eigenvalue weighted by atomic mass is 32.1. The smallest absolute Gasteiger partial charge is 0.223 e. The highest BCUT2D eigenvalue weighted by Gasteiger charge is 2.28. The molecule has 0 radical (unpaired) electrons. The summed E-state index contributed by atoms with van der Waals surface area (Å²) in [6.07, 6.45) is 4.03. The van der Waals surface area contributed by atoms with Gasteiger partial charge in [0, 0.05) is 25.7 Å². The molecule has 10 heteroatoms. The Kier molecular flexibility index (Phi) is 5.14. The topological polar surface area (TPSA) is 110 Å². The van der Waals surface area contributed by atoms with Gasteiger partial charge in [-0.1, -0.05) is 22.7 Å². The van der Waals surface area contributed by atoms with E-state index in [1.54, 1.807) is 0 Å². The molecule has 3 rings (SSSR count). The average Bonchev–Trinajstić information content (AvgIpc) is 3.16. The summed E-state index contributed by atoms with van der Waals surface area (Å²) in [4.78, 5) is 22.1. The minimum atomic E-state index is -0.132. The molecule has 0 saturated heterocycles. The molecule has 1 aliphatic carbocycles. The Bertz CT molecular complexity index is 673. The predicted octanol–water partition coefficient (Wildman–Crippen LogP) is 2.75. The van der Waals surface area contributed by atoms with E-state index in [2.05, 4.69) is 31.0 Å². The van der Waals surface area contributed by atoms with Gasteiger partial charge < -0.3 is 10.6 Å². The summed E-state index contributed by atoms with van der Waals surface area (Å²) in [5, 5.41) is 24.9. The van der Waals surface area contributed by atoms with Gasteiger partial charge in [-0.25, -0.2) is 0 Å². The Morgan fingerprint density at radius 2 is 1.17 bits per heavy atom. The van der Waals surface area contributed by atoms with Gasteiger partial charge in [0.2, 0.25) is 22.1 Å². The lowest BCUT2D eigenvalue weighted by Gasteiger charge is -2.25. The summed E-state index contributed by atoms with van der Waals surface area (Å²) in [5.74, 6) is 0.494. The van der Waals surface area contributed by atoms with Crippen molar-refractivity contribution in [2.24, 2.45) is 0 Å². The molecule has 8 nitrogen and oxygen atoms in total. The molecule has 2 aromatic rings. The number of nitrogens with zero attached hydrogens (tertiary/aromatic N) is 4. The zero-order valence-corrected chi connectivity index (χ0v) is 15.0. The first-order valence-corrected chi connectivity index (χ1v) is 9.36. The number of nitrogens with one attached hydrogen (secondary N) is 2. The monoisotopic (exact) mass is 366 g/mol. The summed E-state index contributed by atoms with van der Waals surface area (Å²) in [5.41, 5.74) is 0. The van der Waals surface area contributed by atoms with Crippen molar-refractivity contribution in [3.63, 3.8) is 0 Å². The van der Waals surface area contributed by atoms with Gasteiger partial charge in [0.25, 0.3) is 0 Å². The van der Waals surface area contributed by atoms with Gasteiger partial charge in [-0.3, -0.25) is 9.59 Å². The van der Waals surface area contributed by atoms with Crippen LogP contribution in [0.3, 0.4) is 0 Å². The number of carbonyl (C=O) groups excluding carboxylic acids is 2. The van der Waals surface area contributed by atoms with Crippen LogP contribution >= 0.6 is 22.7 Å². The number of carbonyl (C=O) groups is 2. The number of amides is 2. The summed E-state index contributed by atoms with van der Waals surface area (Å²) in [7, 11) is 0. The molecule has 2 amide bonds. The van der Waals surface area contributed by atoms with E-state index in [0.717, 1.165) is 35.7 Å². The standard InChI is InChI=1S/C14H18N6O2S2/c1-7(21)15-13-19-17-11(23-13)9-3-5-10(6-4-9)12-18-20-14(24-12)16-8(2)22/h9-10H,3-6H2,1-2H3,(H,15,19,21)(H,16,20,22). The number of aromatic nitrogens is 4. The molecule has 0 unspecified atom stereocenters. The van der Waals surface area contributed by atoms with Crippen molar-refractivity contribution in [1.82, 2.24) is 20.4 Å². The van der Waals surface area contributed by atoms with Crippen LogP contribution in [0.25, 0.3) is 0 Å². The first-order chi connectivity index (χ1) is 11.5. The molecule has 2 heterocycles. The summed E-state index contributed by atoms with van der Waals surface area (Å²) < 4.78 is 0. The Balaban J connectivity index is 1.57. The third-order valence-electron chi connectivity index (χ3n) is 3.87. The van der Waals surface area contributed by atoms with Crippen molar-refractivity contribution in [1.29, 1.82) is 0 Å². The third-order valence-corrected chi connectivity index (χ3v) is 5.88. The van der Waals surface area contributed by atoms with E-state index in [1.807, 2.05) is 0 Å². The first-order valence-electron chi connectivity index (χ1n) is 7.73. The predicted molar refractivity (Wildman–Crippen MR) is 92.4 cm³/mol. The molecule has 1 fully saturated rings. The Morgan fingerprint density at radius 3 is 1.50 bits per heavy atom. The van der Waals surface area contributed by atoms with Crippen LogP contribution in [0, 0.1) is 0 Å². The van der Waals surface area contributed by atoms with Gasteiger partial charge in [-0.2, -0.15) is 0 Å². The van der Waals surface area contributed by atoms with E-state index in [0.29, 0.717) is 22.1 Å². The maximum Gasteiger partial charge on any atom is 0.223 e. The van der Waals surface area contributed by atoms with E-state index >= 15 is 0 Å². The maximum atomic E-state index is 11.1. The summed E-state index contributed by atoms with van der Waals surface area (Å²) >= 11 is 2.90. The van der Waals surface area contributed by atoms with E-state index in [1.165, 1.54) is 36.5 Å². The largest absolute Gasteiger partial charge is 0.301 e. The second kappa shape index (κ2) is 7.31. The second-order valence-electron chi connectivity index (χ2n) is 5.80. The molecule has 2 aromatic heterocycles. The van der Waals surface area contributed by atoms with Gasteiger partial charge >= 0.3 is 0 Å². The maximum absolute atomic E-state index is 11.1. The summed E-state index contributed by atoms with van der Waals surface area (Å²) in [6.45, 7) is 2.92. The van der Waals surface area contributed by atoms with Crippen molar-refractivity contribution in [2.75, 3.05) is 10.6 Å². The number of anilines is 2. The van der Waals surface area contributed by atoms with Crippen LogP contribution < -0.4 is 10.6 Å². The van der Waals surface area contributed by atoms with Crippen molar-refractivity contribution >= 4 is 44.8 Å². The van der Waals surface area contributed by atoms with Crippen LogP contribution in [-0.2, 0) is 9.59 Å². The zero-order chi connectivity index (χ0) is 17.1. The Labute approximate surface area is 147 Å². The van der Waals surface area contributed by atoms with Crippen molar-refractivity contribution in [3.05, 3.63) is 10.0 Å². The molecular weight excluding hydrogens is 348 g/mol. The molecule has 0 aliphatic heterocycles. The van der Waals surface area contributed by atoms with Crippen LogP contribution in [0.1, 0.15) is 61.4 Å². The van der Waals surface area contributed by atoms with Crippen molar-refractivity contribution < 1.29 is 9.59 Å². The molecule has 1 aliphatic rings. The van der Waals surface area contributed by atoms with Gasteiger partial charge in [-0.15, -0.1) is 20.4 Å². The minimum Gasteiger partial charge on any atom is -0.301 e. The van der Waals surface area contributed by atoms with Gasteiger partial charge in [0.1, 0.15) is 10.0 Å². The molecule has 1 saturated carbocycles. The first kappa shape index (κ1) is 16.9. The van der Waals surface area contributed by atoms with Crippen molar-refractivity contribution in [2.45, 2.75) is 51.4 Å². The fourth-order valence-electron chi connectivity index (χ4n) is 2.79. The normalized spacial score (nSPS) is 20.6. The van der Waals surface area contributed by atoms with Crippen LogP contribution in [0.5, 0.6) is 0 Å². The molecule has 0 atom stereocenters. The molecule has 2 N–H and O–H groups in total. The SMILES string of the molecule is CC(=O)Nc1nnc(C2CCC(c3nnc(NC(C)=O)s3)CC2)s1. The fraction of sp³-hybridized carbons (Fsp3) is 0.571.